The minimum atomic E-state index is -0.509. The second kappa shape index (κ2) is 7.44. The lowest BCUT2D eigenvalue weighted by Gasteiger charge is -2.15. The van der Waals surface area contributed by atoms with Gasteiger partial charge in [0.25, 0.3) is 5.91 Å². The van der Waals surface area contributed by atoms with Crippen LogP contribution in [0.2, 0.25) is 10.0 Å². The molecule has 1 aromatic heterocycles. The van der Waals surface area contributed by atoms with E-state index < -0.39 is 5.97 Å². The van der Waals surface area contributed by atoms with Gasteiger partial charge in [0.15, 0.2) is 0 Å². The fourth-order valence-corrected chi connectivity index (χ4v) is 2.54. The summed E-state index contributed by atoms with van der Waals surface area (Å²) in [4.78, 5) is 27.5. The molecule has 5 nitrogen and oxygen atoms in total. The first-order valence-corrected chi connectivity index (χ1v) is 7.48. The Morgan fingerprint density at radius 1 is 1.22 bits per heavy atom. The average molecular weight is 353 g/mol. The number of benzene rings is 1. The molecular formula is C16H14Cl2N2O3. The average Bonchev–Trinajstić information content (AvgIpc) is 2.54. The summed E-state index contributed by atoms with van der Waals surface area (Å²) in [6, 6.07) is 7.68. The fraction of sp³-hybridized carbons (Fsp3) is 0.188. The number of carbonyl (C=O) groups is 2. The first kappa shape index (κ1) is 17.2. The molecule has 0 aliphatic carbocycles. The molecular weight excluding hydrogens is 339 g/mol. The number of esters is 1. The Hall–Kier alpha value is -2.11. The molecule has 0 saturated carbocycles. The van der Waals surface area contributed by atoms with Gasteiger partial charge in [-0.2, -0.15) is 0 Å². The Balaban J connectivity index is 2.10. The van der Waals surface area contributed by atoms with E-state index in [0.717, 1.165) is 5.56 Å². The maximum atomic E-state index is 12.2. The van der Waals surface area contributed by atoms with Gasteiger partial charge in [-0.1, -0.05) is 29.3 Å². The fourth-order valence-electron chi connectivity index (χ4n) is 1.97. The van der Waals surface area contributed by atoms with Crippen LogP contribution in [0.3, 0.4) is 0 Å². The zero-order chi connectivity index (χ0) is 17.0. The van der Waals surface area contributed by atoms with E-state index in [9.17, 15) is 9.59 Å². The Morgan fingerprint density at radius 3 is 2.52 bits per heavy atom. The first-order valence-electron chi connectivity index (χ1n) is 6.72. The highest BCUT2D eigenvalue weighted by atomic mass is 35.5. The van der Waals surface area contributed by atoms with Crippen molar-refractivity contribution in [1.29, 1.82) is 0 Å². The predicted molar refractivity (Wildman–Crippen MR) is 87.9 cm³/mol. The van der Waals surface area contributed by atoms with Crippen LogP contribution in [-0.2, 0) is 4.74 Å². The summed E-state index contributed by atoms with van der Waals surface area (Å²) in [7, 11) is 1.28. The van der Waals surface area contributed by atoms with Crippen LogP contribution in [0.5, 0.6) is 0 Å². The van der Waals surface area contributed by atoms with Crippen LogP contribution >= 0.6 is 23.2 Å². The number of amides is 1. The van der Waals surface area contributed by atoms with Crippen LogP contribution in [0.15, 0.2) is 36.5 Å². The highest BCUT2D eigenvalue weighted by Crippen LogP contribution is 2.26. The summed E-state index contributed by atoms with van der Waals surface area (Å²) in [5.41, 5.74) is 1.21. The zero-order valence-electron chi connectivity index (χ0n) is 12.5. The topological polar surface area (TPSA) is 68.3 Å². The van der Waals surface area contributed by atoms with Crippen molar-refractivity contribution in [3.05, 3.63) is 63.4 Å². The quantitative estimate of drug-likeness (QED) is 0.852. The number of methoxy groups -OCH3 is 1. The molecule has 23 heavy (non-hydrogen) atoms. The van der Waals surface area contributed by atoms with Gasteiger partial charge in [-0.25, -0.2) is 4.79 Å². The normalized spacial score (nSPS) is 11.7. The van der Waals surface area contributed by atoms with Gasteiger partial charge in [-0.15, -0.1) is 0 Å². The van der Waals surface area contributed by atoms with Crippen molar-refractivity contribution in [2.75, 3.05) is 7.11 Å². The van der Waals surface area contributed by atoms with Crippen LogP contribution < -0.4 is 5.32 Å². The summed E-state index contributed by atoms with van der Waals surface area (Å²) in [6.45, 7) is 1.80. The molecule has 7 heteroatoms. The van der Waals surface area contributed by atoms with E-state index in [1.807, 2.05) is 0 Å². The number of aromatic nitrogens is 1. The van der Waals surface area contributed by atoms with Gasteiger partial charge < -0.3 is 10.1 Å². The molecule has 0 spiro atoms. The number of ether oxygens (including phenoxy) is 1. The van der Waals surface area contributed by atoms with Gasteiger partial charge in [0.05, 0.1) is 18.7 Å². The van der Waals surface area contributed by atoms with Gasteiger partial charge in [-0.05, 0) is 36.8 Å². The summed E-state index contributed by atoms with van der Waals surface area (Å²) < 4.78 is 4.58. The molecule has 0 aliphatic rings. The Labute approximate surface area is 143 Å². The van der Waals surface area contributed by atoms with Crippen LogP contribution in [0.4, 0.5) is 0 Å². The molecule has 2 aromatic rings. The molecule has 1 N–H and O–H groups in total. The molecule has 1 heterocycles. The van der Waals surface area contributed by atoms with E-state index in [1.165, 1.54) is 25.4 Å². The van der Waals surface area contributed by atoms with Crippen LogP contribution in [-0.4, -0.2) is 24.0 Å². The molecule has 0 saturated heterocycles. The highest BCUT2D eigenvalue weighted by molar-refractivity contribution is 6.35. The number of halogens is 2. The number of rotatable bonds is 4. The van der Waals surface area contributed by atoms with Gasteiger partial charge in [0.2, 0.25) is 0 Å². The van der Waals surface area contributed by atoms with Crippen molar-refractivity contribution in [3.63, 3.8) is 0 Å². The van der Waals surface area contributed by atoms with Gasteiger partial charge in [-0.3, -0.25) is 9.78 Å². The third-order valence-electron chi connectivity index (χ3n) is 3.19. The zero-order valence-corrected chi connectivity index (χ0v) is 14.0. The van der Waals surface area contributed by atoms with Gasteiger partial charge in [0, 0.05) is 16.2 Å². The third-order valence-corrected chi connectivity index (χ3v) is 3.76. The highest BCUT2D eigenvalue weighted by Gasteiger charge is 2.16. The van der Waals surface area contributed by atoms with Crippen molar-refractivity contribution in [2.45, 2.75) is 13.0 Å². The molecule has 1 aromatic carbocycles. The van der Waals surface area contributed by atoms with Crippen molar-refractivity contribution >= 4 is 35.1 Å². The lowest BCUT2D eigenvalue weighted by Crippen LogP contribution is -2.27. The summed E-state index contributed by atoms with van der Waals surface area (Å²) in [5.74, 6) is -0.884. The number of hydrogen-bond donors (Lipinski definition) is 1. The van der Waals surface area contributed by atoms with Crippen molar-refractivity contribution in [2.24, 2.45) is 0 Å². The lowest BCUT2D eigenvalue weighted by molar-refractivity contribution is 0.0599. The number of pyridine rings is 1. The number of hydrogen-bond acceptors (Lipinski definition) is 4. The largest absolute Gasteiger partial charge is 0.465 e. The summed E-state index contributed by atoms with van der Waals surface area (Å²) in [5, 5.41) is 3.79. The van der Waals surface area contributed by atoms with E-state index in [2.05, 4.69) is 15.0 Å². The Bertz CT molecular complexity index is 733. The van der Waals surface area contributed by atoms with Gasteiger partial charge >= 0.3 is 5.97 Å². The van der Waals surface area contributed by atoms with E-state index in [-0.39, 0.29) is 23.2 Å². The number of nitrogens with zero attached hydrogens (tertiary/aromatic N) is 1. The minimum Gasteiger partial charge on any atom is -0.465 e. The lowest BCUT2D eigenvalue weighted by atomic mass is 10.1. The van der Waals surface area contributed by atoms with E-state index in [4.69, 9.17) is 23.2 Å². The standard InChI is InChI=1S/C16H14Cl2N2O3/c1-9(12-5-4-11(17)7-13(12)18)20-15(21)14-6-3-10(8-19-14)16(22)23-2/h3-9H,1-2H3,(H,20,21). The summed E-state index contributed by atoms with van der Waals surface area (Å²) in [6.07, 6.45) is 1.29. The molecule has 0 bridgehead atoms. The molecule has 1 amide bonds. The van der Waals surface area contributed by atoms with Crippen molar-refractivity contribution in [3.8, 4) is 0 Å². The number of carbonyl (C=O) groups excluding carboxylic acids is 2. The molecule has 0 fully saturated rings. The SMILES string of the molecule is COC(=O)c1ccc(C(=O)NC(C)c2ccc(Cl)cc2Cl)nc1. The van der Waals surface area contributed by atoms with Crippen molar-refractivity contribution in [1.82, 2.24) is 10.3 Å². The Morgan fingerprint density at radius 2 is 1.96 bits per heavy atom. The number of nitrogens with one attached hydrogen (secondary N) is 1. The monoisotopic (exact) mass is 352 g/mol. The van der Waals surface area contributed by atoms with Crippen molar-refractivity contribution < 1.29 is 14.3 Å². The van der Waals surface area contributed by atoms with Crippen LogP contribution in [0.25, 0.3) is 0 Å². The molecule has 1 atom stereocenters. The maximum Gasteiger partial charge on any atom is 0.339 e. The minimum absolute atomic E-state index is 0.189. The third kappa shape index (κ3) is 4.21. The second-order valence-corrected chi connectivity index (χ2v) is 5.63. The molecule has 120 valence electrons. The maximum absolute atomic E-state index is 12.2. The predicted octanol–water partition coefficient (Wildman–Crippen LogP) is 3.67. The van der Waals surface area contributed by atoms with Crippen LogP contribution in [0.1, 0.15) is 39.4 Å². The first-order chi connectivity index (χ1) is 10.9. The summed E-state index contributed by atoms with van der Waals surface area (Å²) >= 11 is 12.0. The van der Waals surface area contributed by atoms with Gasteiger partial charge in [0.1, 0.15) is 5.69 Å². The smallest absolute Gasteiger partial charge is 0.339 e. The molecule has 1 unspecified atom stereocenters. The molecule has 0 radical (unpaired) electrons. The second-order valence-electron chi connectivity index (χ2n) is 4.78. The van der Waals surface area contributed by atoms with E-state index in [0.29, 0.717) is 10.0 Å². The molecule has 0 aliphatic heterocycles. The Kier molecular flexibility index (Phi) is 5.58. The van der Waals surface area contributed by atoms with E-state index >= 15 is 0 Å². The van der Waals surface area contributed by atoms with E-state index in [1.54, 1.807) is 25.1 Å². The molecule has 2 rings (SSSR count). The van der Waals surface area contributed by atoms with Crippen LogP contribution in [0, 0.1) is 0 Å².